The Morgan fingerprint density at radius 2 is 1.92 bits per heavy atom. The van der Waals surface area contributed by atoms with E-state index in [9.17, 15) is 13.6 Å². The van der Waals surface area contributed by atoms with Crippen molar-refractivity contribution in [2.24, 2.45) is 7.05 Å². The van der Waals surface area contributed by atoms with E-state index in [2.05, 4.69) is 10.1 Å². The fourth-order valence-corrected chi connectivity index (χ4v) is 2.80. The van der Waals surface area contributed by atoms with E-state index in [0.717, 1.165) is 28.1 Å². The topological polar surface area (TPSA) is 51.0 Å². The molecule has 0 atom stereocenters. The van der Waals surface area contributed by atoms with Crippen LogP contribution in [-0.2, 0) is 18.4 Å². The minimum atomic E-state index is -0.732. The molecule has 8 heteroatoms. The van der Waals surface area contributed by atoms with Crippen molar-refractivity contribution in [3.8, 4) is 0 Å². The highest BCUT2D eigenvalue weighted by molar-refractivity contribution is 6.29. The summed E-state index contributed by atoms with van der Waals surface area (Å²) in [5, 5.41) is 5.11. The van der Waals surface area contributed by atoms with Crippen LogP contribution in [0.3, 0.4) is 0 Å². The zero-order valence-corrected chi connectivity index (χ0v) is 14.4. The number of amides is 1. The molecule has 0 spiro atoms. The molecule has 0 aliphatic rings. The van der Waals surface area contributed by atoms with E-state index in [1.807, 2.05) is 6.92 Å². The van der Waals surface area contributed by atoms with E-state index < -0.39 is 17.5 Å². The second kappa shape index (κ2) is 6.76. The lowest BCUT2D eigenvalue weighted by atomic mass is 10.1. The number of halogens is 3. The smallest absolute Gasteiger partial charge is 0.243 e. The van der Waals surface area contributed by atoms with Crippen LogP contribution in [0, 0.1) is 18.6 Å². The average molecular weight is 365 g/mol. The average Bonchev–Trinajstić information content (AvgIpc) is 2.88. The molecule has 25 heavy (non-hydrogen) atoms. The van der Waals surface area contributed by atoms with Crippen molar-refractivity contribution in [1.29, 1.82) is 0 Å². The monoisotopic (exact) mass is 364 g/mol. The molecule has 0 saturated heterocycles. The highest BCUT2D eigenvalue weighted by atomic mass is 35.5. The van der Waals surface area contributed by atoms with Gasteiger partial charge in [-0.15, -0.1) is 11.6 Å². The van der Waals surface area contributed by atoms with Gasteiger partial charge >= 0.3 is 0 Å². The molecule has 0 fully saturated rings. The first-order valence-electron chi connectivity index (χ1n) is 7.52. The summed E-state index contributed by atoms with van der Waals surface area (Å²) in [6.45, 7) is 1.54. The van der Waals surface area contributed by atoms with Gasteiger partial charge < -0.3 is 0 Å². The molecular weight excluding hydrogens is 350 g/mol. The quantitative estimate of drug-likeness (QED) is 0.667. The number of rotatable bonds is 4. The third-order valence-electron chi connectivity index (χ3n) is 3.93. The molecule has 3 aromatic rings. The van der Waals surface area contributed by atoms with Gasteiger partial charge in [0.1, 0.15) is 23.3 Å². The van der Waals surface area contributed by atoms with Crippen molar-refractivity contribution in [3.05, 3.63) is 53.2 Å². The molecule has 0 radical (unpaired) electrons. The molecule has 3 rings (SSSR count). The Hall–Kier alpha value is -2.54. The Labute approximate surface area is 147 Å². The van der Waals surface area contributed by atoms with Crippen LogP contribution < -0.4 is 4.90 Å². The first-order valence-corrected chi connectivity index (χ1v) is 8.05. The summed E-state index contributed by atoms with van der Waals surface area (Å²) < 4.78 is 29.5. The van der Waals surface area contributed by atoms with Crippen LogP contribution in [0.1, 0.15) is 11.3 Å². The number of hydrogen-bond donors (Lipinski definition) is 0. The van der Waals surface area contributed by atoms with Gasteiger partial charge in [0.2, 0.25) is 5.91 Å². The number of benzene rings is 1. The van der Waals surface area contributed by atoms with Crippen LogP contribution in [0.15, 0.2) is 30.3 Å². The number of carbonyl (C=O) groups is 1. The van der Waals surface area contributed by atoms with Gasteiger partial charge in [-0.2, -0.15) is 5.10 Å². The van der Waals surface area contributed by atoms with Crippen LogP contribution >= 0.6 is 11.6 Å². The molecule has 0 aliphatic carbocycles. The van der Waals surface area contributed by atoms with Crippen molar-refractivity contribution in [2.75, 3.05) is 10.8 Å². The molecule has 0 unspecified atom stereocenters. The van der Waals surface area contributed by atoms with Gasteiger partial charge in [-0.25, -0.2) is 13.8 Å². The molecule has 0 N–H and O–H groups in total. The zero-order chi connectivity index (χ0) is 18.1. The van der Waals surface area contributed by atoms with Crippen molar-refractivity contribution < 1.29 is 13.6 Å². The Balaban J connectivity index is 2.07. The number of carbonyl (C=O) groups excluding carboxylic acids is 1. The Morgan fingerprint density at radius 3 is 2.56 bits per heavy atom. The minimum Gasteiger partial charge on any atom is -0.291 e. The predicted molar refractivity (Wildman–Crippen MR) is 91.5 cm³/mol. The highest BCUT2D eigenvalue weighted by Crippen LogP contribution is 2.23. The lowest BCUT2D eigenvalue weighted by Gasteiger charge is -2.21. The Morgan fingerprint density at radius 1 is 1.24 bits per heavy atom. The fourth-order valence-electron chi connectivity index (χ4n) is 2.65. The van der Waals surface area contributed by atoms with Gasteiger partial charge in [-0.3, -0.25) is 14.4 Å². The molecule has 2 aromatic heterocycles. The third kappa shape index (κ3) is 3.19. The van der Waals surface area contributed by atoms with Crippen LogP contribution in [-0.4, -0.2) is 26.6 Å². The van der Waals surface area contributed by atoms with Crippen LogP contribution in [0.4, 0.5) is 14.6 Å². The summed E-state index contributed by atoms with van der Waals surface area (Å²) in [6.07, 6.45) is 0. The van der Waals surface area contributed by atoms with E-state index in [1.165, 1.54) is 6.07 Å². The summed E-state index contributed by atoms with van der Waals surface area (Å²) in [5.41, 5.74) is 1.15. The van der Waals surface area contributed by atoms with Gasteiger partial charge in [0.05, 0.1) is 12.2 Å². The molecule has 2 heterocycles. The first-order chi connectivity index (χ1) is 11.9. The van der Waals surface area contributed by atoms with E-state index in [0.29, 0.717) is 5.65 Å². The molecule has 0 saturated carbocycles. The third-order valence-corrected chi connectivity index (χ3v) is 4.16. The second-order valence-electron chi connectivity index (χ2n) is 5.56. The summed E-state index contributed by atoms with van der Waals surface area (Å²) >= 11 is 5.67. The highest BCUT2D eigenvalue weighted by Gasteiger charge is 2.21. The van der Waals surface area contributed by atoms with Crippen LogP contribution in [0.2, 0.25) is 0 Å². The minimum absolute atomic E-state index is 0.218. The van der Waals surface area contributed by atoms with Crippen molar-refractivity contribution in [2.45, 2.75) is 13.5 Å². The number of alkyl halides is 1. The number of hydrogen-bond acceptors (Lipinski definition) is 3. The van der Waals surface area contributed by atoms with Gasteiger partial charge in [0, 0.05) is 18.0 Å². The first kappa shape index (κ1) is 17.3. The van der Waals surface area contributed by atoms with Gasteiger partial charge in [-0.05, 0) is 31.2 Å². The lowest BCUT2D eigenvalue weighted by molar-refractivity contribution is -0.116. The number of pyridine rings is 1. The number of nitrogens with zero attached hydrogens (tertiary/aromatic N) is 4. The van der Waals surface area contributed by atoms with Gasteiger partial charge in [0.15, 0.2) is 5.65 Å². The Bertz CT molecular complexity index is 937. The molecule has 1 aromatic carbocycles. The number of anilines is 1. The molecule has 1 amide bonds. The molecule has 0 bridgehead atoms. The maximum atomic E-state index is 14.0. The molecule has 0 aliphatic heterocycles. The van der Waals surface area contributed by atoms with Crippen molar-refractivity contribution in [3.63, 3.8) is 0 Å². The van der Waals surface area contributed by atoms with Gasteiger partial charge in [0.25, 0.3) is 0 Å². The zero-order valence-electron chi connectivity index (χ0n) is 13.6. The summed E-state index contributed by atoms with van der Waals surface area (Å²) in [6, 6.07) is 6.93. The van der Waals surface area contributed by atoms with Crippen molar-refractivity contribution in [1.82, 2.24) is 14.8 Å². The standard InChI is InChI=1S/C17H15ClF2N4O/c1-10-11-6-7-15(21-17(11)23(2)22-10)24(16(25)8-18)9-12-13(19)4-3-5-14(12)20/h3-7H,8-9H2,1-2H3. The maximum Gasteiger partial charge on any atom is 0.243 e. The van der Waals surface area contributed by atoms with E-state index in [1.54, 1.807) is 23.9 Å². The molecule has 130 valence electrons. The lowest BCUT2D eigenvalue weighted by Crippen LogP contribution is -2.33. The van der Waals surface area contributed by atoms with Gasteiger partial charge in [-0.1, -0.05) is 6.07 Å². The number of aryl methyl sites for hydroxylation is 2. The molecular formula is C17H15ClF2N4O. The summed E-state index contributed by atoms with van der Waals surface area (Å²) in [7, 11) is 1.73. The fraction of sp³-hybridized carbons (Fsp3) is 0.235. The van der Waals surface area contributed by atoms with Crippen LogP contribution in [0.25, 0.3) is 11.0 Å². The normalized spacial score (nSPS) is 11.1. The SMILES string of the molecule is Cc1nn(C)c2nc(N(Cc3c(F)cccc3F)C(=O)CCl)ccc12. The maximum absolute atomic E-state index is 14.0. The Kier molecular flexibility index (Phi) is 4.67. The number of fused-ring (bicyclic) bond motifs is 1. The van der Waals surface area contributed by atoms with E-state index >= 15 is 0 Å². The molecule has 5 nitrogen and oxygen atoms in total. The van der Waals surface area contributed by atoms with Crippen LogP contribution in [0.5, 0.6) is 0 Å². The number of aromatic nitrogens is 3. The van der Waals surface area contributed by atoms with E-state index in [-0.39, 0.29) is 23.8 Å². The largest absolute Gasteiger partial charge is 0.291 e. The van der Waals surface area contributed by atoms with E-state index in [4.69, 9.17) is 11.6 Å². The summed E-state index contributed by atoms with van der Waals surface area (Å²) in [5.74, 6) is -2.05. The second-order valence-corrected chi connectivity index (χ2v) is 5.83. The predicted octanol–water partition coefficient (Wildman–Crippen LogP) is 3.33. The van der Waals surface area contributed by atoms with Crippen molar-refractivity contribution >= 4 is 34.4 Å². The summed E-state index contributed by atoms with van der Waals surface area (Å²) in [4.78, 5) is 17.8.